The van der Waals surface area contributed by atoms with Gasteiger partial charge in [0.2, 0.25) is 11.8 Å². The third-order valence-electron chi connectivity index (χ3n) is 4.33. The maximum atomic E-state index is 11.8. The number of benzene rings is 2. The molecule has 0 heterocycles. The number of carbonyl (C=O) groups excluding carboxylic acids is 4. The number of rotatable bonds is 12. The first-order valence-corrected chi connectivity index (χ1v) is 10.5. The van der Waals surface area contributed by atoms with Gasteiger partial charge in [0, 0.05) is 37.1 Å². The Balaban J connectivity index is 1.54. The molecule has 16 heteroatoms. The second-order valence-corrected chi connectivity index (χ2v) is 7.13. The van der Waals surface area contributed by atoms with E-state index in [-0.39, 0.29) is 42.1 Å². The van der Waals surface area contributed by atoms with Crippen molar-refractivity contribution in [1.29, 1.82) is 0 Å². The van der Waals surface area contributed by atoms with Gasteiger partial charge in [-0.3, -0.25) is 61.1 Å². The summed E-state index contributed by atoms with van der Waals surface area (Å²) in [6, 6.07) is 10.1. The standard InChI is InChI=1S/C21H22N6O10/c28-18(22-24-20(30)12-36-16-8-4-14(5-9-16)26(32)33)2-1-3-19(29)23-25-21(31)13-37-17-10-6-15(7-11-17)27(34)35/h4-11H,1-3,12-13H2,(H,22,28)(H,23,29)(H,24,30)(H,25,31). The molecule has 2 rings (SSSR count). The summed E-state index contributed by atoms with van der Waals surface area (Å²) < 4.78 is 10.3. The number of hydrogen-bond acceptors (Lipinski definition) is 10. The fourth-order valence-electron chi connectivity index (χ4n) is 2.51. The highest BCUT2D eigenvalue weighted by Gasteiger charge is 2.10. The number of ether oxygens (including phenoxy) is 2. The molecule has 2 aromatic rings. The molecule has 0 atom stereocenters. The van der Waals surface area contributed by atoms with Gasteiger partial charge in [-0.2, -0.15) is 0 Å². The van der Waals surface area contributed by atoms with E-state index in [0.717, 1.165) is 0 Å². The van der Waals surface area contributed by atoms with E-state index in [4.69, 9.17) is 9.47 Å². The molecule has 4 N–H and O–H groups in total. The minimum atomic E-state index is -0.678. The molecule has 16 nitrogen and oxygen atoms in total. The summed E-state index contributed by atoms with van der Waals surface area (Å²) in [4.78, 5) is 67.0. The lowest BCUT2D eigenvalue weighted by Crippen LogP contribution is -2.44. The van der Waals surface area contributed by atoms with Crippen molar-refractivity contribution in [3.8, 4) is 11.5 Å². The van der Waals surface area contributed by atoms with Crippen molar-refractivity contribution < 1.29 is 38.5 Å². The molecule has 0 radical (unpaired) electrons. The maximum absolute atomic E-state index is 11.8. The van der Waals surface area contributed by atoms with Gasteiger partial charge in [0.25, 0.3) is 23.2 Å². The van der Waals surface area contributed by atoms with E-state index in [1.165, 1.54) is 48.5 Å². The number of nitro benzene ring substituents is 2. The highest BCUT2D eigenvalue weighted by molar-refractivity contribution is 5.84. The molecule has 0 aromatic heterocycles. The molecule has 0 aliphatic carbocycles. The van der Waals surface area contributed by atoms with Crippen molar-refractivity contribution in [3.05, 3.63) is 68.8 Å². The quantitative estimate of drug-likeness (QED) is 0.224. The molecule has 0 bridgehead atoms. The van der Waals surface area contributed by atoms with E-state index >= 15 is 0 Å². The summed E-state index contributed by atoms with van der Waals surface area (Å²) in [6.45, 7) is -0.901. The summed E-state index contributed by atoms with van der Waals surface area (Å²) >= 11 is 0. The fourth-order valence-corrected chi connectivity index (χ4v) is 2.51. The number of nitrogens with zero attached hydrogens (tertiary/aromatic N) is 2. The van der Waals surface area contributed by atoms with Crippen LogP contribution in [0, 0.1) is 20.2 Å². The molecule has 196 valence electrons. The average molecular weight is 518 g/mol. The van der Waals surface area contributed by atoms with E-state index in [1.54, 1.807) is 0 Å². The Morgan fingerprint density at radius 1 is 0.595 bits per heavy atom. The molecule has 0 saturated carbocycles. The molecular formula is C21H22N6O10. The topological polar surface area (TPSA) is 221 Å². The Labute approximate surface area is 208 Å². The molecule has 0 aliphatic heterocycles. The van der Waals surface area contributed by atoms with Gasteiger partial charge in [-0.15, -0.1) is 0 Å². The maximum Gasteiger partial charge on any atom is 0.276 e. The van der Waals surface area contributed by atoms with Crippen LogP contribution in [0.5, 0.6) is 11.5 Å². The summed E-state index contributed by atoms with van der Waals surface area (Å²) in [5.74, 6) is -2.05. The van der Waals surface area contributed by atoms with Crippen LogP contribution in [0.15, 0.2) is 48.5 Å². The molecule has 0 fully saturated rings. The molecular weight excluding hydrogens is 496 g/mol. The first kappa shape index (κ1) is 28.0. The normalized spacial score (nSPS) is 9.95. The van der Waals surface area contributed by atoms with Crippen LogP contribution in [0.25, 0.3) is 0 Å². The van der Waals surface area contributed by atoms with Crippen molar-refractivity contribution in [2.24, 2.45) is 0 Å². The van der Waals surface area contributed by atoms with Gasteiger partial charge in [-0.1, -0.05) is 0 Å². The lowest BCUT2D eigenvalue weighted by atomic mass is 10.2. The van der Waals surface area contributed by atoms with Crippen molar-refractivity contribution >= 4 is 35.0 Å². The Bertz CT molecular complexity index is 1050. The Morgan fingerprint density at radius 3 is 1.24 bits per heavy atom. The van der Waals surface area contributed by atoms with E-state index < -0.39 is 46.7 Å². The predicted octanol–water partition coefficient (Wildman–Crippen LogP) is 0.426. The first-order valence-electron chi connectivity index (χ1n) is 10.5. The lowest BCUT2D eigenvalue weighted by molar-refractivity contribution is -0.385. The largest absolute Gasteiger partial charge is 0.484 e. The number of nitrogens with one attached hydrogen (secondary N) is 4. The highest BCUT2D eigenvalue weighted by atomic mass is 16.6. The molecule has 37 heavy (non-hydrogen) atoms. The zero-order chi connectivity index (χ0) is 27.2. The first-order chi connectivity index (χ1) is 17.6. The molecule has 2 aromatic carbocycles. The molecule has 0 saturated heterocycles. The third-order valence-corrected chi connectivity index (χ3v) is 4.33. The van der Waals surface area contributed by atoms with Crippen LogP contribution in [0.4, 0.5) is 11.4 Å². The van der Waals surface area contributed by atoms with E-state index in [1.807, 2.05) is 0 Å². The van der Waals surface area contributed by atoms with Gasteiger partial charge in [0.05, 0.1) is 9.85 Å². The number of non-ortho nitro benzene ring substituents is 2. The third kappa shape index (κ3) is 10.7. The molecule has 0 aliphatic rings. The van der Waals surface area contributed by atoms with Crippen LogP contribution in [-0.4, -0.2) is 46.7 Å². The van der Waals surface area contributed by atoms with E-state index in [9.17, 15) is 39.4 Å². The van der Waals surface area contributed by atoms with Crippen molar-refractivity contribution in [2.75, 3.05) is 13.2 Å². The van der Waals surface area contributed by atoms with Crippen molar-refractivity contribution in [1.82, 2.24) is 21.7 Å². The van der Waals surface area contributed by atoms with E-state index in [2.05, 4.69) is 21.7 Å². The van der Waals surface area contributed by atoms with Gasteiger partial charge >= 0.3 is 0 Å². The van der Waals surface area contributed by atoms with Crippen LogP contribution in [-0.2, 0) is 19.2 Å². The SMILES string of the molecule is O=C(CCCC(=O)NNC(=O)COc1ccc([N+](=O)[O-])cc1)NNC(=O)COc1ccc([N+](=O)[O-])cc1. The van der Waals surface area contributed by atoms with Gasteiger partial charge in [-0.05, 0) is 30.7 Å². The van der Waals surface area contributed by atoms with E-state index in [0.29, 0.717) is 0 Å². The number of amides is 4. The summed E-state index contributed by atoms with van der Waals surface area (Å²) in [7, 11) is 0. The van der Waals surface area contributed by atoms with Crippen LogP contribution in [0.2, 0.25) is 0 Å². The van der Waals surface area contributed by atoms with Crippen LogP contribution < -0.4 is 31.2 Å². The molecule has 0 unspecified atom stereocenters. The van der Waals surface area contributed by atoms with Gasteiger partial charge in [0.15, 0.2) is 13.2 Å². The number of hydrazine groups is 2. The number of hydrogen-bond donors (Lipinski definition) is 4. The average Bonchev–Trinajstić information content (AvgIpc) is 2.88. The monoisotopic (exact) mass is 518 g/mol. The second kappa shape index (κ2) is 14.2. The zero-order valence-corrected chi connectivity index (χ0v) is 19.1. The Hall–Kier alpha value is -5.28. The predicted molar refractivity (Wildman–Crippen MR) is 124 cm³/mol. The minimum Gasteiger partial charge on any atom is -0.484 e. The van der Waals surface area contributed by atoms with Gasteiger partial charge in [0.1, 0.15) is 11.5 Å². The van der Waals surface area contributed by atoms with Gasteiger partial charge < -0.3 is 9.47 Å². The smallest absolute Gasteiger partial charge is 0.276 e. The van der Waals surface area contributed by atoms with Crippen LogP contribution in [0.3, 0.4) is 0 Å². The minimum absolute atomic E-state index is 0.103. The van der Waals surface area contributed by atoms with Crippen LogP contribution >= 0.6 is 0 Å². The zero-order valence-electron chi connectivity index (χ0n) is 19.1. The summed E-state index contributed by atoms with van der Waals surface area (Å²) in [5.41, 5.74) is 8.27. The Morgan fingerprint density at radius 2 is 0.919 bits per heavy atom. The Kier molecular flexibility index (Phi) is 10.7. The fraction of sp³-hybridized carbons (Fsp3) is 0.238. The van der Waals surface area contributed by atoms with Crippen molar-refractivity contribution in [3.63, 3.8) is 0 Å². The number of nitro groups is 2. The second-order valence-electron chi connectivity index (χ2n) is 7.13. The lowest BCUT2D eigenvalue weighted by Gasteiger charge is -2.10. The number of carbonyl (C=O) groups is 4. The highest BCUT2D eigenvalue weighted by Crippen LogP contribution is 2.18. The van der Waals surface area contributed by atoms with Crippen LogP contribution in [0.1, 0.15) is 19.3 Å². The van der Waals surface area contributed by atoms with Crippen molar-refractivity contribution in [2.45, 2.75) is 19.3 Å². The van der Waals surface area contributed by atoms with Gasteiger partial charge in [-0.25, -0.2) is 0 Å². The molecule has 0 spiro atoms. The summed E-state index contributed by atoms with van der Waals surface area (Å²) in [5, 5.41) is 21.2. The molecule has 4 amide bonds. The summed E-state index contributed by atoms with van der Waals surface area (Å²) in [6.07, 6.45) is -0.0930.